The summed E-state index contributed by atoms with van der Waals surface area (Å²) in [6.45, 7) is 12.3. The molecular formula is C24H30O3. The molecule has 3 rings (SSSR count). The van der Waals surface area contributed by atoms with Crippen LogP contribution in [0.5, 0.6) is 17.2 Å². The summed E-state index contributed by atoms with van der Waals surface area (Å²) < 4.78 is 18.6. The van der Waals surface area contributed by atoms with Gasteiger partial charge in [-0.1, -0.05) is 57.7 Å². The van der Waals surface area contributed by atoms with Gasteiger partial charge in [0.2, 0.25) is 5.75 Å². The average molecular weight is 367 g/mol. The van der Waals surface area contributed by atoms with Crippen LogP contribution in [0.1, 0.15) is 56.7 Å². The minimum absolute atomic E-state index is 0.632. The molecule has 0 N–H and O–H groups in total. The van der Waals surface area contributed by atoms with Crippen molar-refractivity contribution >= 4 is 6.08 Å². The quantitative estimate of drug-likeness (QED) is 0.423. The zero-order valence-electron chi connectivity index (χ0n) is 16.8. The normalized spacial score (nSPS) is 11.7. The van der Waals surface area contributed by atoms with E-state index >= 15 is 0 Å². The molecule has 1 aliphatic rings. The maximum Gasteiger partial charge on any atom is 0.204 e. The number of ether oxygens (including phenoxy) is 3. The Morgan fingerprint density at radius 1 is 0.852 bits per heavy atom. The third-order valence-corrected chi connectivity index (χ3v) is 4.71. The van der Waals surface area contributed by atoms with Gasteiger partial charge < -0.3 is 14.2 Å². The molecule has 0 heterocycles. The summed E-state index contributed by atoms with van der Waals surface area (Å²) in [7, 11) is 0. The lowest BCUT2D eigenvalue weighted by molar-refractivity contribution is 0.241. The third kappa shape index (κ3) is 3.69. The zero-order chi connectivity index (χ0) is 19.2. The van der Waals surface area contributed by atoms with Crippen molar-refractivity contribution in [1.82, 2.24) is 0 Å². The molecule has 1 aliphatic carbocycles. The van der Waals surface area contributed by atoms with Crippen LogP contribution in [0.4, 0.5) is 0 Å². The van der Waals surface area contributed by atoms with Crippen LogP contribution >= 0.6 is 0 Å². The fraction of sp³-hybridized carbons (Fsp3) is 0.417. The first kappa shape index (κ1) is 19.3. The molecule has 0 spiro atoms. The van der Waals surface area contributed by atoms with E-state index in [0.29, 0.717) is 19.8 Å². The van der Waals surface area contributed by atoms with E-state index in [-0.39, 0.29) is 0 Å². The molecule has 0 bridgehead atoms. The Morgan fingerprint density at radius 2 is 1.44 bits per heavy atom. The molecule has 0 aromatic heterocycles. The maximum absolute atomic E-state index is 6.24. The highest BCUT2D eigenvalue weighted by Gasteiger charge is 2.31. The van der Waals surface area contributed by atoms with Gasteiger partial charge in [0, 0.05) is 23.1 Å². The molecule has 144 valence electrons. The number of benzene rings is 2. The zero-order valence-corrected chi connectivity index (χ0v) is 16.8. The van der Waals surface area contributed by atoms with Gasteiger partial charge in [-0.25, -0.2) is 0 Å². The molecule has 0 unspecified atom stereocenters. The van der Waals surface area contributed by atoms with Crippen molar-refractivity contribution in [3.05, 3.63) is 47.5 Å². The van der Waals surface area contributed by atoms with Gasteiger partial charge >= 0.3 is 0 Å². The Morgan fingerprint density at radius 3 is 2.07 bits per heavy atom. The third-order valence-electron chi connectivity index (χ3n) is 4.71. The molecule has 27 heavy (non-hydrogen) atoms. The van der Waals surface area contributed by atoms with Crippen molar-refractivity contribution in [2.75, 3.05) is 19.8 Å². The van der Waals surface area contributed by atoms with Gasteiger partial charge in [-0.2, -0.15) is 0 Å². The molecule has 3 nitrogen and oxygen atoms in total. The maximum atomic E-state index is 6.24. The molecule has 2 aromatic carbocycles. The van der Waals surface area contributed by atoms with Gasteiger partial charge in [-0.15, -0.1) is 0 Å². The molecule has 0 saturated heterocycles. The van der Waals surface area contributed by atoms with Crippen LogP contribution in [0, 0.1) is 0 Å². The molecular weight excluding hydrogens is 336 g/mol. The van der Waals surface area contributed by atoms with Crippen molar-refractivity contribution in [3.63, 3.8) is 0 Å². The lowest BCUT2D eigenvalue weighted by Gasteiger charge is -2.22. The highest BCUT2D eigenvalue weighted by molar-refractivity contribution is 5.91. The Labute approximate surface area is 163 Å². The SMILES string of the molecule is C=Cc1c(OCCC)c(OCCC)c(OCCC)c2c1-c1ccccc1C2. The summed E-state index contributed by atoms with van der Waals surface area (Å²) in [6, 6.07) is 8.54. The van der Waals surface area contributed by atoms with Gasteiger partial charge in [0.25, 0.3) is 0 Å². The van der Waals surface area contributed by atoms with Gasteiger partial charge in [0.1, 0.15) is 0 Å². The Kier molecular flexibility index (Phi) is 6.44. The molecule has 0 atom stereocenters. The van der Waals surface area contributed by atoms with Gasteiger partial charge in [-0.3, -0.25) is 0 Å². The lowest BCUT2D eigenvalue weighted by Crippen LogP contribution is -2.08. The van der Waals surface area contributed by atoms with Crippen molar-refractivity contribution in [1.29, 1.82) is 0 Å². The second kappa shape index (κ2) is 8.98. The molecule has 2 aromatic rings. The highest BCUT2D eigenvalue weighted by atomic mass is 16.5. The van der Waals surface area contributed by atoms with Crippen molar-refractivity contribution in [3.8, 4) is 28.4 Å². The lowest BCUT2D eigenvalue weighted by atomic mass is 9.96. The number of hydrogen-bond donors (Lipinski definition) is 0. The average Bonchev–Trinajstić information content (AvgIpc) is 3.08. The summed E-state index contributed by atoms with van der Waals surface area (Å²) in [5.74, 6) is 2.34. The second-order valence-electron chi connectivity index (χ2n) is 6.84. The topological polar surface area (TPSA) is 27.7 Å². The predicted octanol–water partition coefficient (Wildman–Crippen LogP) is 6.27. The molecule has 0 amide bonds. The minimum Gasteiger partial charge on any atom is -0.489 e. The number of rotatable bonds is 10. The monoisotopic (exact) mass is 366 g/mol. The van der Waals surface area contributed by atoms with Gasteiger partial charge in [0.05, 0.1) is 19.8 Å². The fourth-order valence-corrected chi connectivity index (χ4v) is 3.57. The predicted molar refractivity (Wildman–Crippen MR) is 112 cm³/mol. The van der Waals surface area contributed by atoms with E-state index in [9.17, 15) is 0 Å². The van der Waals surface area contributed by atoms with E-state index in [1.165, 1.54) is 22.3 Å². The van der Waals surface area contributed by atoms with Crippen LogP contribution in [-0.4, -0.2) is 19.8 Å². The van der Waals surface area contributed by atoms with Crippen LogP contribution in [-0.2, 0) is 6.42 Å². The Balaban J connectivity index is 2.26. The smallest absolute Gasteiger partial charge is 0.204 e. The first-order chi connectivity index (χ1) is 13.3. The minimum atomic E-state index is 0.632. The number of fused-ring (bicyclic) bond motifs is 3. The van der Waals surface area contributed by atoms with E-state index < -0.39 is 0 Å². The van der Waals surface area contributed by atoms with Crippen molar-refractivity contribution in [2.24, 2.45) is 0 Å². The van der Waals surface area contributed by atoms with Crippen LogP contribution < -0.4 is 14.2 Å². The van der Waals surface area contributed by atoms with Crippen LogP contribution in [0.25, 0.3) is 17.2 Å². The van der Waals surface area contributed by atoms with Crippen molar-refractivity contribution in [2.45, 2.75) is 46.5 Å². The summed E-state index contributed by atoms with van der Waals surface area (Å²) in [5, 5.41) is 0. The highest BCUT2D eigenvalue weighted by Crippen LogP contribution is 2.54. The summed E-state index contributed by atoms with van der Waals surface area (Å²) in [6.07, 6.45) is 5.56. The first-order valence-corrected chi connectivity index (χ1v) is 10.1. The van der Waals surface area contributed by atoms with Crippen LogP contribution in [0.3, 0.4) is 0 Å². The van der Waals surface area contributed by atoms with Crippen molar-refractivity contribution < 1.29 is 14.2 Å². The van der Waals surface area contributed by atoms with E-state index in [0.717, 1.165) is 48.5 Å². The summed E-state index contributed by atoms with van der Waals surface area (Å²) >= 11 is 0. The van der Waals surface area contributed by atoms with E-state index in [1.807, 2.05) is 6.08 Å². The van der Waals surface area contributed by atoms with E-state index in [1.54, 1.807) is 0 Å². The summed E-state index contributed by atoms with van der Waals surface area (Å²) in [4.78, 5) is 0. The van der Waals surface area contributed by atoms with Crippen LogP contribution in [0.2, 0.25) is 0 Å². The molecule has 0 radical (unpaired) electrons. The largest absolute Gasteiger partial charge is 0.489 e. The van der Waals surface area contributed by atoms with Gasteiger partial charge in [0.15, 0.2) is 11.5 Å². The first-order valence-electron chi connectivity index (χ1n) is 10.1. The fourth-order valence-electron chi connectivity index (χ4n) is 3.57. The van der Waals surface area contributed by atoms with Gasteiger partial charge in [-0.05, 0) is 30.4 Å². The molecule has 0 saturated carbocycles. The standard InChI is InChI=1S/C24H30O3/c1-5-13-25-22-18(8-4)21-19-12-10-9-11-17(19)16-20(21)23(26-14-6-2)24(22)27-15-7-3/h8-12H,4-7,13-16H2,1-3H3. The van der Waals surface area contributed by atoms with Crippen LogP contribution in [0.15, 0.2) is 30.8 Å². The second-order valence-corrected chi connectivity index (χ2v) is 6.84. The Bertz CT molecular complexity index is 808. The molecule has 0 fully saturated rings. The summed E-state index contributed by atoms with van der Waals surface area (Å²) in [5.41, 5.74) is 5.94. The van der Waals surface area contributed by atoms with E-state index in [4.69, 9.17) is 14.2 Å². The molecule has 3 heteroatoms. The molecule has 0 aliphatic heterocycles. The van der Waals surface area contributed by atoms with E-state index in [2.05, 4.69) is 51.6 Å². The number of hydrogen-bond acceptors (Lipinski definition) is 3. The Hall–Kier alpha value is -2.42.